The van der Waals surface area contributed by atoms with Crippen molar-refractivity contribution >= 4 is 62.0 Å². The first kappa shape index (κ1) is 28.2. The Morgan fingerprint density at radius 2 is 1.63 bits per heavy atom. The van der Waals surface area contributed by atoms with Crippen LogP contribution in [0.4, 0.5) is 0 Å². The van der Waals surface area contributed by atoms with Crippen molar-refractivity contribution in [3.8, 4) is 5.69 Å². The Labute approximate surface area is 257 Å². The standard InChI is InChI=1S/C31H30BrCl2N5O2/c32-22-7-10-24(11-8-22)39-28-6-2-1-5-27(28)35-29(39)20-36-13-3-4-21(19-36)30(40)37-14-16-38(17-15-37)31(41)25-12-9-23(33)18-26(25)34/h1-2,5-12,18,21H,3-4,13-17,19-20H2/t21-/m0/s1. The third kappa shape index (κ3) is 6.02. The van der Waals surface area contributed by atoms with E-state index in [2.05, 4.69) is 43.6 Å². The first-order valence-corrected chi connectivity index (χ1v) is 15.4. The maximum Gasteiger partial charge on any atom is 0.255 e. The molecule has 2 saturated heterocycles. The molecule has 2 amide bonds. The largest absolute Gasteiger partial charge is 0.339 e. The van der Waals surface area contributed by atoms with Crippen molar-refractivity contribution in [3.05, 3.63) is 92.6 Å². The predicted octanol–water partition coefficient (Wildman–Crippen LogP) is 6.29. The van der Waals surface area contributed by atoms with E-state index in [4.69, 9.17) is 28.2 Å². The summed E-state index contributed by atoms with van der Waals surface area (Å²) in [6.07, 6.45) is 1.83. The monoisotopic (exact) mass is 653 g/mol. The zero-order valence-electron chi connectivity index (χ0n) is 22.5. The number of amides is 2. The Hall–Kier alpha value is -2.91. The highest BCUT2D eigenvalue weighted by Crippen LogP contribution is 2.27. The number of aromatic nitrogens is 2. The van der Waals surface area contributed by atoms with Crippen LogP contribution in [0.2, 0.25) is 10.0 Å². The van der Waals surface area contributed by atoms with Crippen molar-refractivity contribution in [1.29, 1.82) is 0 Å². The van der Waals surface area contributed by atoms with Gasteiger partial charge < -0.3 is 9.80 Å². The summed E-state index contributed by atoms with van der Waals surface area (Å²) in [4.78, 5) is 37.6. The van der Waals surface area contributed by atoms with E-state index < -0.39 is 0 Å². The van der Waals surface area contributed by atoms with Gasteiger partial charge in [0.1, 0.15) is 5.82 Å². The SMILES string of the molecule is O=C(c1ccc(Cl)cc1Cl)N1CCN(C(=O)[C@H]2CCCN(Cc3nc4ccccc4n3-c3ccc(Br)cc3)C2)CC1. The van der Waals surface area contributed by atoms with Crippen LogP contribution in [0, 0.1) is 5.92 Å². The van der Waals surface area contributed by atoms with Crippen LogP contribution in [-0.2, 0) is 11.3 Å². The summed E-state index contributed by atoms with van der Waals surface area (Å²) in [5.41, 5.74) is 3.53. The maximum atomic E-state index is 13.6. The Morgan fingerprint density at radius 3 is 2.39 bits per heavy atom. The molecule has 3 aromatic carbocycles. The fourth-order valence-corrected chi connectivity index (χ4v) is 6.64. The summed E-state index contributed by atoms with van der Waals surface area (Å²) in [5.74, 6) is 0.945. The van der Waals surface area contributed by atoms with E-state index >= 15 is 0 Å². The molecule has 0 spiro atoms. The summed E-state index contributed by atoms with van der Waals surface area (Å²) in [7, 11) is 0. The van der Waals surface area contributed by atoms with Gasteiger partial charge in [-0.15, -0.1) is 0 Å². The lowest BCUT2D eigenvalue weighted by atomic mass is 9.96. The van der Waals surface area contributed by atoms with Gasteiger partial charge >= 0.3 is 0 Å². The molecule has 0 radical (unpaired) electrons. The van der Waals surface area contributed by atoms with Gasteiger partial charge in [0.2, 0.25) is 5.91 Å². The number of piperazine rings is 1. The van der Waals surface area contributed by atoms with E-state index in [1.54, 1.807) is 23.1 Å². The Bertz CT molecular complexity index is 1580. The number of fused-ring (bicyclic) bond motifs is 1. The van der Waals surface area contributed by atoms with Crippen LogP contribution in [0.25, 0.3) is 16.7 Å². The second-order valence-electron chi connectivity index (χ2n) is 10.6. The van der Waals surface area contributed by atoms with Gasteiger partial charge in [-0.3, -0.25) is 19.1 Å². The van der Waals surface area contributed by atoms with Gasteiger partial charge in [-0.25, -0.2) is 4.98 Å². The van der Waals surface area contributed by atoms with Crippen molar-refractivity contribution in [1.82, 2.24) is 24.3 Å². The van der Waals surface area contributed by atoms with Crippen LogP contribution in [0.1, 0.15) is 29.0 Å². The first-order valence-electron chi connectivity index (χ1n) is 13.8. The highest BCUT2D eigenvalue weighted by molar-refractivity contribution is 9.10. The number of rotatable bonds is 5. The molecule has 41 heavy (non-hydrogen) atoms. The predicted molar refractivity (Wildman–Crippen MR) is 166 cm³/mol. The van der Waals surface area contributed by atoms with Gasteiger partial charge in [0, 0.05) is 47.9 Å². The summed E-state index contributed by atoms with van der Waals surface area (Å²) in [6, 6.07) is 21.4. The topological polar surface area (TPSA) is 61.7 Å². The molecule has 2 aliphatic heterocycles. The Morgan fingerprint density at radius 1 is 0.902 bits per heavy atom. The number of halogens is 3. The quantitative estimate of drug-likeness (QED) is 0.254. The second kappa shape index (κ2) is 12.1. The number of hydrogen-bond acceptors (Lipinski definition) is 4. The zero-order chi connectivity index (χ0) is 28.5. The molecule has 2 fully saturated rings. The molecule has 1 atom stereocenters. The van der Waals surface area contributed by atoms with E-state index in [0.717, 1.165) is 46.4 Å². The fourth-order valence-electron chi connectivity index (χ4n) is 5.88. The summed E-state index contributed by atoms with van der Waals surface area (Å²) in [5, 5.41) is 0.839. The third-order valence-electron chi connectivity index (χ3n) is 7.97. The third-order valence-corrected chi connectivity index (χ3v) is 9.05. The molecule has 0 unspecified atom stereocenters. The van der Waals surface area contributed by atoms with Crippen LogP contribution in [-0.4, -0.2) is 75.3 Å². The molecule has 2 aliphatic rings. The fraction of sp³-hybridized carbons (Fsp3) is 0.323. The number of benzene rings is 3. The molecule has 0 bridgehead atoms. The van der Waals surface area contributed by atoms with Gasteiger partial charge in [0.05, 0.1) is 34.1 Å². The van der Waals surface area contributed by atoms with Gasteiger partial charge in [-0.05, 0) is 74.0 Å². The molecular formula is C31H30BrCl2N5O2. The molecule has 7 nitrogen and oxygen atoms in total. The van der Waals surface area contributed by atoms with Gasteiger partial charge in [0.15, 0.2) is 0 Å². The molecule has 0 saturated carbocycles. The number of nitrogens with zero attached hydrogens (tertiary/aromatic N) is 5. The maximum absolute atomic E-state index is 13.6. The lowest BCUT2D eigenvalue weighted by molar-refractivity contribution is -0.139. The zero-order valence-corrected chi connectivity index (χ0v) is 25.6. The number of carbonyl (C=O) groups is 2. The first-order chi connectivity index (χ1) is 19.9. The van der Waals surface area contributed by atoms with Crippen molar-refractivity contribution in [2.45, 2.75) is 19.4 Å². The molecule has 3 heterocycles. The number of piperidine rings is 1. The lowest BCUT2D eigenvalue weighted by Gasteiger charge is -2.39. The molecule has 6 rings (SSSR count). The van der Waals surface area contributed by atoms with Crippen LogP contribution >= 0.6 is 39.1 Å². The number of para-hydroxylation sites is 2. The molecular weight excluding hydrogens is 625 g/mol. The lowest BCUT2D eigenvalue weighted by Crippen LogP contribution is -2.53. The summed E-state index contributed by atoms with van der Waals surface area (Å²) in [6.45, 7) is 4.30. The average molecular weight is 655 g/mol. The van der Waals surface area contributed by atoms with Crippen LogP contribution in [0.3, 0.4) is 0 Å². The van der Waals surface area contributed by atoms with Gasteiger partial charge in [-0.2, -0.15) is 0 Å². The highest BCUT2D eigenvalue weighted by Gasteiger charge is 2.33. The van der Waals surface area contributed by atoms with Crippen molar-refractivity contribution in [2.75, 3.05) is 39.3 Å². The minimum atomic E-state index is -0.128. The molecule has 10 heteroatoms. The van der Waals surface area contributed by atoms with Crippen molar-refractivity contribution in [2.24, 2.45) is 5.92 Å². The van der Waals surface area contributed by atoms with E-state index in [0.29, 0.717) is 54.9 Å². The Kier molecular flexibility index (Phi) is 8.35. The Balaban J connectivity index is 1.11. The average Bonchev–Trinajstić information content (AvgIpc) is 3.35. The smallest absolute Gasteiger partial charge is 0.255 e. The van der Waals surface area contributed by atoms with E-state index in [9.17, 15) is 9.59 Å². The summed E-state index contributed by atoms with van der Waals surface area (Å²) < 4.78 is 3.25. The number of carbonyl (C=O) groups excluding carboxylic acids is 2. The van der Waals surface area contributed by atoms with Crippen LogP contribution < -0.4 is 0 Å². The molecule has 0 N–H and O–H groups in total. The second-order valence-corrected chi connectivity index (χ2v) is 12.4. The van der Waals surface area contributed by atoms with E-state index in [1.165, 1.54) is 0 Å². The summed E-state index contributed by atoms with van der Waals surface area (Å²) >= 11 is 15.8. The molecule has 212 valence electrons. The minimum Gasteiger partial charge on any atom is -0.339 e. The van der Waals surface area contributed by atoms with E-state index in [-0.39, 0.29) is 17.7 Å². The van der Waals surface area contributed by atoms with Gasteiger partial charge in [-0.1, -0.05) is 51.3 Å². The minimum absolute atomic E-state index is 0.0674. The van der Waals surface area contributed by atoms with E-state index in [1.807, 2.05) is 35.2 Å². The van der Waals surface area contributed by atoms with Crippen LogP contribution in [0.5, 0.6) is 0 Å². The highest BCUT2D eigenvalue weighted by atomic mass is 79.9. The molecule has 4 aromatic rings. The van der Waals surface area contributed by atoms with Crippen molar-refractivity contribution in [3.63, 3.8) is 0 Å². The molecule has 0 aliphatic carbocycles. The molecule has 1 aromatic heterocycles. The van der Waals surface area contributed by atoms with Crippen molar-refractivity contribution < 1.29 is 9.59 Å². The normalized spacial score (nSPS) is 18.2. The van der Waals surface area contributed by atoms with Gasteiger partial charge in [0.25, 0.3) is 5.91 Å². The van der Waals surface area contributed by atoms with Crippen LogP contribution in [0.15, 0.2) is 71.2 Å². The number of hydrogen-bond donors (Lipinski definition) is 0. The number of imidazole rings is 1. The number of likely N-dealkylation sites (tertiary alicyclic amines) is 1.